The molecule has 0 bridgehead atoms. The highest BCUT2D eigenvalue weighted by Gasteiger charge is 2.35. The number of sulfonamides is 1. The van der Waals surface area contributed by atoms with Gasteiger partial charge in [-0.25, -0.2) is 8.42 Å². The fraction of sp³-hybridized carbons (Fsp3) is 0.556. The van der Waals surface area contributed by atoms with Gasteiger partial charge in [-0.1, -0.05) is 6.92 Å². The second-order valence-corrected chi connectivity index (χ2v) is 8.46. The first-order chi connectivity index (χ1) is 13.9. The zero-order chi connectivity index (χ0) is 20.9. The Hall–Kier alpha value is -2.37. The van der Waals surface area contributed by atoms with Crippen LogP contribution in [0.5, 0.6) is 11.5 Å². The third kappa shape index (κ3) is 4.98. The highest BCUT2D eigenvalue weighted by atomic mass is 32.2. The number of nitrogens with zero attached hydrogens (tertiary/aromatic N) is 1. The normalized spacial score (nSPS) is 19.4. The van der Waals surface area contributed by atoms with Gasteiger partial charge in [-0.3, -0.25) is 9.59 Å². The van der Waals surface area contributed by atoms with Crippen LogP contribution in [0.15, 0.2) is 23.1 Å². The third-order valence-electron chi connectivity index (χ3n) is 4.45. The van der Waals surface area contributed by atoms with Crippen molar-refractivity contribution in [1.29, 1.82) is 0 Å². The predicted octanol–water partition coefficient (Wildman–Crippen LogP) is -0.163. The predicted molar refractivity (Wildman–Crippen MR) is 102 cm³/mol. The molecule has 2 aliphatic rings. The van der Waals surface area contributed by atoms with E-state index in [2.05, 4.69) is 10.6 Å². The summed E-state index contributed by atoms with van der Waals surface area (Å²) in [5, 5.41) is 4.90. The molecular weight excluding hydrogens is 402 g/mol. The van der Waals surface area contributed by atoms with Gasteiger partial charge in [0.25, 0.3) is 0 Å². The second-order valence-electron chi connectivity index (χ2n) is 6.57. The molecule has 1 aromatic rings. The Bertz CT molecular complexity index is 859. The first-order valence-electron chi connectivity index (χ1n) is 9.52. The number of amides is 2. The molecule has 0 aliphatic carbocycles. The van der Waals surface area contributed by atoms with Crippen LogP contribution in [0.4, 0.5) is 0 Å². The van der Waals surface area contributed by atoms with Crippen molar-refractivity contribution in [3.63, 3.8) is 0 Å². The van der Waals surface area contributed by atoms with E-state index in [4.69, 9.17) is 14.2 Å². The molecule has 29 heavy (non-hydrogen) atoms. The van der Waals surface area contributed by atoms with Gasteiger partial charge in [0.2, 0.25) is 10.0 Å². The summed E-state index contributed by atoms with van der Waals surface area (Å²) in [5.41, 5.74) is 0. The summed E-state index contributed by atoms with van der Waals surface area (Å²) in [6.45, 7) is 3.47. The summed E-state index contributed by atoms with van der Waals surface area (Å²) < 4.78 is 44.0. The molecule has 0 aromatic heterocycles. The van der Waals surface area contributed by atoms with Gasteiger partial charge in [-0.2, -0.15) is 4.31 Å². The van der Waals surface area contributed by atoms with Crippen LogP contribution >= 0.6 is 0 Å². The van der Waals surface area contributed by atoms with Crippen molar-refractivity contribution in [1.82, 2.24) is 14.9 Å². The average molecular weight is 427 g/mol. The van der Waals surface area contributed by atoms with E-state index in [0.717, 1.165) is 0 Å². The molecule has 1 atom stereocenters. The minimum absolute atomic E-state index is 0.0456. The van der Waals surface area contributed by atoms with Gasteiger partial charge >= 0.3 is 11.8 Å². The Labute approximate surface area is 169 Å². The number of hydrogen-bond donors (Lipinski definition) is 2. The van der Waals surface area contributed by atoms with Gasteiger partial charge in [0, 0.05) is 19.2 Å². The van der Waals surface area contributed by atoms with E-state index >= 15 is 0 Å². The molecule has 2 N–H and O–H groups in total. The minimum atomic E-state index is -3.91. The van der Waals surface area contributed by atoms with E-state index < -0.39 is 28.1 Å². The molecule has 0 spiro atoms. The van der Waals surface area contributed by atoms with Gasteiger partial charge in [-0.15, -0.1) is 0 Å². The van der Waals surface area contributed by atoms with Gasteiger partial charge in [0.1, 0.15) is 19.4 Å². The Kier molecular flexibility index (Phi) is 6.93. The van der Waals surface area contributed by atoms with E-state index in [1.165, 1.54) is 16.4 Å². The number of carbonyl (C=O) groups excluding carboxylic acids is 2. The Morgan fingerprint density at radius 3 is 2.59 bits per heavy atom. The summed E-state index contributed by atoms with van der Waals surface area (Å²) >= 11 is 0. The van der Waals surface area contributed by atoms with Crippen LogP contribution in [0, 0.1) is 0 Å². The van der Waals surface area contributed by atoms with Gasteiger partial charge in [-0.05, 0) is 25.0 Å². The fourth-order valence-electron chi connectivity index (χ4n) is 3.00. The minimum Gasteiger partial charge on any atom is -0.486 e. The zero-order valence-corrected chi connectivity index (χ0v) is 17.0. The van der Waals surface area contributed by atoms with Gasteiger partial charge in [0.05, 0.1) is 18.0 Å². The first-order valence-corrected chi connectivity index (χ1v) is 11.0. The molecule has 1 fully saturated rings. The van der Waals surface area contributed by atoms with Gasteiger partial charge < -0.3 is 24.8 Å². The van der Waals surface area contributed by atoms with Crippen LogP contribution in [0.3, 0.4) is 0 Å². The molecule has 160 valence electrons. The SMILES string of the molecule is CCCNC(=O)C(=O)NC[C@H]1OCCCN1S(=O)(=O)c1ccc2c(c1)OCCO2. The number of rotatable bonds is 6. The summed E-state index contributed by atoms with van der Waals surface area (Å²) in [6, 6.07) is 4.43. The molecular formula is C18H25N3O7S. The van der Waals surface area contributed by atoms with Crippen molar-refractivity contribution < 1.29 is 32.2 Å². The summed E-state index contributed by atoms with van der Waals surface area (Å²) in [4.78, 5) is 23.6. The fourth-order valence-corrected chi connectivity index (χ4v) is 4.58. The quantitative estimate of drug-likeness (QED) is 0.605. The summed E-state index contributed by atoms with van der Waals surface area (Å²) in [5.74, 6) is -0.729. The molecule has 2 amide bonds. The molecule has 2 heterocycles. The van der Waals surface area contributed by atoms with E-state index in [9.17, 15) is 18.0 Å². The third-order valence-corrected chi connectivity index (χ3v) is 6.34. The molecule has 11 heteroatoms. The van der Waals surface area contributed by atoms with E-state index in [0.29, 0.717) is 50.7 Å². The highest BCUT2D eigenvalue weighted by molar-refractivity contribution is 7.89. The molecule has 1 aromatic carbocycles. The van der Waals surface area contributed by atoms with Crippen LogP contribution in [0.2, 0.25) is 0 Å². The highest BCUT2D eigenvalue weighted by Crippen LogP contribution is 2.34. The monoisotopic (exact) mass is 427 g/mol. The Morgan fingerprint density at radius 1 is 1.10 bits per heavy atom. The van der Waals surface area contributed by atoms with E-state index in [1.54, 1.807) is 6.07 Å². The first kappa shape index (κ1) is 21.3. The van der Waals surface area contributed by atoms with Crippen LogP contribution in [-0.4, -0.2) is 70.2 Å². The van der Waals surface area contributed by atoms with E-state index in [-0.39, 0.29) is 18.0 Å². The standard InChI is InChI=1S/C18H25N3O7S/c1-2-6-19-17(22)18(23)20-12-16-21(7-3-8-28-16)29(24,25)13-4-5-14-15(11-13)27-10-9-26-14/h4-5,11,16H,2-3,6-10,12H2,1H3,(H,19,22)(H,20,23)/t16-/m1/s1. The molecule has 2 aliphatic heterocycles. The maximum atomic E-state index is 13.2. The van der Waals surface area contributed by atoms with Crippen molar-refractivity contribution in [2.24, 2.45) is 0 Å². The molecule has 10 nitrogen and oxygen atoms in total. The number of carbonyl (C=O) groups is 2. The van der Waals surface area contributed by atoms with Crippen molar-refractivity contribution in [3.8, 4) is 11.5 Å². The lowest BCUT2D eigenvalue weighted by atomic mass is 10.3. The van der Waals surface area contributed by atoms with Gasteiger partial charge in [0.15, 0.2) is 11.5 Å². The largest absolute Gasteiger partial charge is 0.486 e. The number of ether oxygens (including phenoxy) is 3. The van der Waals surface area contributed by atoms with Crippen LogP contribution < -0.4 is 20.1 Å². The summed E-state index contributed by atoms with van der Waals surface area (Å²) in [6.07, 6.45) is 0.308. The number of nitrogens with one attached hydrogen (secondary N) is 2. The Morgan fingerprint density at radius 2 is 1.83 bits per heavy atom. The summed E-state index contributed by atoms with van der Waals surface area (Å²) in [7, 11) is -3.91. The molecule has 3 rings (SSSR count). The van der Waals surface area contributed by atoms with Crippen molar-refractivity contribution in [2.45, 2.75) is 30.9 Å². The second kappa shape index (κ2) is 9.42. The molecule has 0 radical (unpaired) electrons. The molecule has 1 saturated heterocycles. The number of fused-ring (bicyclic) bond motifs is 1. The lowest BCUT2D eigenvalue weighted by Gasteiger charge is -2.34. The van der Waals surface area contributed by atoms with Crippen LogP contribution in [0.1, 0.15) is 19.8 Å². The average Bonchev–Trinajstić information content (AvgIpc) is 2.75. The number of hydrogen-bond acceptors (Lipinski definition) is 7. The van der Waals surface area contributed by atoms with Crippen LogP contribution in [0.25, 0.3) is 0 Å². The van der Waals surface area contributed by atoms with E-state index in [1.807, 2.05) is 6.92 Å². The molecule has 0 unspecified atom stereocenters. The zero-order valence-electron chi connectivity index (χ0n) is 16.2. The molecule has 0 saturated carbocycles. The number of benzene rings is 1. The Balaban J connectivity index is 1.71. The van der Waals surface area contributed by atoms with Crippen molar-refractivity contribution in [2.75, 3.05) is 39.5 Å². The van der Waals surface area contributed by atoms with Crippen LogP contribution in [-0.2, 0) is 24.3 Å². The van der Waals surface area contributed by atoms with Crippen molar-refractivity contribution in [3.05, 3.63) is 18.2 Å². The lowest BCUT2D eigenvalue weighted by molar-refractivity contribution is -0.140. The maximum Gasteiger partial charge on any atom is 0.309 e. The smallest absolute Gasteiger partial charge is 0.309 e. The van der Waals surface area contributed by atoms with Crippen molar-refractivity contribution >= 4 is 21.8 Å². The topological polar surface area (TPSA) is 123 Å². The maximum absolute atomic E-state index is 13.2. The lowest BCUT2D eigenvalue weighted by Crippen LogP contribution is -2.53.